The average molecular weight is 413 g/mol. The molecule has 1 heterocycles. The predicted molar refractivity (Wildman–Crippen MR) is 112 cm³/mol. The molecule has 0 spiro atoms. The van der Waals surface area contributed by atoms with Crippen LogP contribution in [-0.2, 0) is 22.9 Å². The number of primary sulfonamides is 1. The highest BCUT2D eigenvalue weighted by atomic mass is 32.2. The Kier molecular flexibility index (Phi) is 6.14. The number of carbonyl (C=O) groups excluding carboxylic acids is 1. The third kappa shape index (κ3) is 4.90. The number of hydrogen-bond acceptors (Lipinski definition) is 4. The van der Waals surface area contributed by atoms with Gasteiger partial charge in [0.2, 0.25) is 10.0 Å². The molecule has 7 nitrogen and oxygen atoms in total. The Hall–Kier alpha value is -2.97. The molecule has 0 atom stereocenters. The minimum atomic E-state index is -3.70. The van der Waals surface area contributed by atoms with E-state index in [-0.39, 0.29) is 10.8 Å². The van der Waals surface area contributed by atoms with Crippen molar-refractivity contribution in [2.75, 3.05) is 6.54 Å². The van der Waals surface area contributed by atoms with E-state index >= 15 is 0 Å². The van der Waals surface area contributed by atoms with Crippen molar-refractivity contribution >= 4 is 15.9 Å². The number of nitrogens with two attached hydrogens (primary N) is 1. The van der Waals surface area contributed by atoms with E-state index in [1.54, 1.807) is 23.0 Å². The lowest BCUT2D eigenvalue weighted by Crippen LogP contribution is -2.26. The van der Waals surface area contributed by atoms with Gasteiger partial charge in [0.25, 0.3) is 5.91 Å². The standard InChI is InChI=1S/C21H24N4O3S/c1-3-20-19(14-24-25(20)17-8-4-15(2)5-9-17)21(26)23-13-12-16-6-10-18(11-7-16)29(22,27)28/h4-11,14H,3,12-13H2,1-2H3,(H,23,26)(H2,22,27,28). The summed E-state index contributed by atoms with van der Waals surface area (Å²) >= 11 is 0. The Bertz CT molecular complexity index is 1100. The molecule has 0 bridgehead atoms. The van der Waals surface area contributed by atoms with Crippen molar-refractivity contribution in [1.29, 1.82) is 0 Å². The van der Waals surface area contributed by atoms with Gasteiger partial charge in [0.15, 0.2) is 0 Å². The number of benzene rings is 2. The SMILES string of the molecule is CCc1c(C(=O)NCCc2ccc(S(N)(=O)=O)cc2)cnn1-c1ccc(C)cc1. The van der Waals surface area contributed by atoms with Gasteiger partial charge in [0.1, 0.15) is 0 Å². The largest absolute Gasteiger partial charge is 0.352 e. The third-order valence-electron chi connectivity index (χ3n) is 4.68. The molecule has 3 rings (SSSR count). The summed E-state index contributed by atoms with van der Waals surface area (Å²) in [6.07, 6.45) is 2.84. The Labute approximate surface area is 170 Å². The highest BCUT2D eigenvalue weighted by Gasteiger charge is 2.17. The van der Waals surface area contributed by atoms with Crippen LogP contribution in [0.5, 0.6) is 0 Å². The van der Waals surface area contributed by atoms with E-state index in [0.29, 0.717) is 24.9 Å². The van der Waals surface area contributed by atoms with Gasteiger partial charge in [-0.05, 0) is 49.6 Å². The minimum absolute atomic E-state index is 0.0707. The van der Waals surface area contributed by atoms with Gasteiger partial charge < -0.3 is 5.32 Å². The number of nitrogens with one attached hydrogen (secondary N) is 1. The zero-order valence-corrected chi connectivity index (χ0v) is 17.2. The van der Waals surface area contributed by atoms with Crippen LogP contribution in [0.3, 0.4) is 0 Å². The van der Waals surface area contributed by atoms with Gasteiger partial charge >= 0.3 is 0 Å². The molecule has 0 aliphatic heterocycles. The van der Waals surface area contributed by atoms with Crippen molar-refractivity contribution in [2.45, 2.75) is 31.6 Å². The van der Waals surface area contributed by atoms with Crippen LogP contribution in [0.2, 0.25) is 0 Å². The van der Waals surface area contributed by atoms with Crippen molar-refractivity contribution in [3.63, 3.8) is 0 Å². The summed E-state index contributed by atoms with van der Waals surface area (Å²) in [4.78, 5) is 12.7. The number of aryl methyl sites for hydroxylation is 1. The lowest BCUT2D eigenvalue weighted by Gasteiger charge is -2.09. The Morgan fingerprint density at radius 2 is 1.76 bits per heavy atom. The highest BCUT2D eigenvalue weighted by molar-refractivity contribution is 7.89. The summed E-state index contributed by atoms with van der Waals surface area (Å²) in [6.45, 7) is 4.44. The Balaban J connectivity index is 1.66. The van der Waals surface area contributed by atoms with Crippen LogP contribution in [-0.4, -0.2) is 30.7 Å². The number of hydrogen-bond donors (Lipinski definition) is 2. The molecule has 8 heteroatoms. The lowest BCUT2D eigenvalue weighted by atomic mass is 10.1. The number of carbonyl (C=O) groups is 1. The summed E-state index contributed by atoms with van der Waals surface area (Å²) in [6, 6.07) is 14.3. The van der Waals surface area contributed by atoms with E-state index in [1.807, 2.05) is 38.1 Å². The number of amides is 1. The fraction of sp³-hybridized carbons (Fsp3) is 0.238. The van der Waals surface area contributed by atoms with Crippen LogP contribution >= 0.6 is 0 Å². The number of rotatable bonds is 7. The van der Waals surface area contributed by atoms with E-state index in [2.05, 4.69) is 10.4 Å². The fourth-order valence-corrected chi connectivity index (χ4v) is 3.59. The summed E-state index contributed by atoms with van der Waals surface area (Å²) < 4.78 is 24.4. The van der Waals surface area contributed by atoms with Crippen LogP contribution in [0.15, 0.2) is 59.6 Å². The molecule has 29 heavy (non-hydrogen) atoms. The number of aromatic nitrogens is 2. The van der Waals surface area contributed by atoms with Crippen molar-refractivity contribution in [2.24, 2.45) is 5.14 Å². The first-order chi connectivity index (χ1) is 13.8. The first-order valence-corrected chi connectivity index (χ1v) is 10.9. The first-order valence-electron chi connectivity index (χ1n) is 9.33. The van der Waals surface area contributed by atoms with E-state index in [1.165, 1.54) is 12.1 Å². The Morgan fingerprint density at radius 1 is 1.10 bits per heavy atom. The van der Waals surface area contributed by atoms with E-state index in [9.17, 15) is 13.2 Å². The van der Waals surface area contributed by atoms with Crippen LogP contribution < -0.4 is 10.5 Å². The molecule has 0 saturated heterocycles. The molecule has 0 fully saturated rings. The number of nitrogens with zero attached hydrogens (tertiary/aromatic N) is 2. The van der Waals surface area contributed by atoms with Crippen LogP contribution in [0.4, 0.5) is 0 Å². The third-order valence-corrected chi connectivity index (χ3v) is 5.61. The summed E-state index contributed by atoms with van der Waals surface area (Å²) in [5.74, 6) is -0.179. The quantitative estimate of drug-likeness (QED) is 0.621. The molecule has 152 valence electrons. The molecule has 0 unspecified atom stereocenters. The average Bonchev–Trinajstić information content (AvgIpc) is 3.12. The van der Waals surface area contributed by atoms with Crippen LogP contribution in [0.1, 0.15) is 34.1 Å². The lowest BCUT2D eigenvalue weighted by molar-refractivity contribution is 0.0953. The second-order valence-corrected chi connectivity index (χ2v) is 8.36. The molecule has 1 aromatic heterocycles. The predicted octanol–water partition coefficient (Wildman–Crippen LogP) is 2.36. The van der Waals surface area contributed by atoms with Gasteiger partial charge in [-0.1, -0.05) is 36.8 Å². The molecular weight excluding hydrogens is 388 g/mol. The smallest absolute Gasteiger partial charge is 0.254 e. The molecule has 3 aromatic rings. The molecule has 3 N–H and O–H groups in total. The summed E-state index contributed by atoms with van der Waals surface area (Å²) in [5.41, 5.74) is 4.39. The zero-order chi connectivity index (χ0) is 21.0. The first kappa shape index (κ1) is 20.8. The second-order valence-electron chi connectivity index (χ2n) is 6.80. The van der Waals surface area contributed by atoms with E-state index in [0.717, 1.165) is 22.5 Å². The van der Waals surface area contributed by atoms with Gasteiger partial charge in [-0.2, -0.15) is 5.10 Å². The molecule has 0 aliphatic rings. The van der Waals surface area contributed by atoms with Crippen molar-refractivity contribution in [1.82, 2.24) is 15.1 Å². The zero-order valence-electron chi connectivity index (χ0n) is 16.4. The second kappa shape index (κ2) is 8.59. The maximum atomic E-state index is 12.6. The minimum Gasteiger partial charge on any atom is -0.352 e. The van der Waals surface area contributed by atoms with Crippen molar-refractivity contribution < 1.29 is 13.2 Å². The molecular formula is C21H24N4O3S. The molecule has 1 amide bonds. The van der Waals surface area contributed by atoms with Gasteiger partial charge in [0, 0.05) is 6.54 Å². The molecule has 0 aliphatic carbocycles. The van der Waals surface area contributed by atoms with Gasteiger partial charge in [-0.3, -0.25) is 4.79 Å². The maximum absolute atomic E-state index is 12.6. The topological polar surface area (TPSA) is 107 Å². The van der Waals surface area contributed by atoms with Crippen molar-refractivity contribution in [3.8, 4) is 5.69 Å². The summed E-state index contributed by atoms with van der Waals surface area (Å²) in [5, 5.41) is 12.4. The molecule has 0 saturated carbocycles. The molecule has 0 radical (unpaired) electrons. The fourth-order valence-electron chi connectivity index (χ4n) is 3.07. The normalized spacial score (nSPS) is 11.4. The number of sulfonamides is 1. The Morgan fingerprint density at radius 3 is 2.34 bits per heavy atom. The molecule has 2 aromatic carbocycles. The van der Waals surface area contributed by atoms with Gasteiger partial charge in [-0.15, -0.1) is 0 Å². The van der Waals surface area contributed by atoms with E-state index in [4.69, 9.17) is 5.14 Å². The monoisotopic (exact) mass is 412 g/mol. The van der Waals surface area contributed by atoms with Crippen molar-refractivity contribution in [3.05, 3.63) is 77.1 Å². The van der Waals surface area contributed by atoms with Crippen LogP contribution in [0, 0.1) is 6.92 Å². The van der Waals surface area contributed by atoms with E-state index < -0.39 is 10.0 Å². The van der Waals surface area contributed by atoms with Gasteiger partial charge in [0.05, 0.1) is 28.0 Å². The van der Waals surface area contributed by atoms with Crippen LogP contribution in [0.25, 0.3) is 5.69 Å². The maximum Gasteiger partial charge on any atom is 0.254 e. The summed E-state index contributed by atoms with van der Waals surface area (Å²) in [7, 11) is -3.70. The highest BCUT2D eigenvalue weighted by Crippen LogP contribution is 2.16. The van der Waals surface area contributed by atoms with Gasteiger partial charge in [-0.25, -0.2) is 18.2 Å².